The molecule has 0 aliphatic heterocycles. The smallest absolute Gasteiger partial charge is 0.113 e. The van der Waals surface area contributed by atoms with Gasteiger partial charge in [-0.25, -0.2) is 0 Å². The first kappa shape index (κ1) is 6.46. The summed E-state index contributed by atoms with van der Waals surface area (Å²) in [6.45, 7) is 0. The predicted molar refractivity (Wildman–Crippen MR) is 46.1 cm³/mol. The van der Waals surface area contributed by atoms with Crippen LogP contribution in [0.1, 0.15) is 0 Å². The molecule has 1 aromatic carbocycles. The third kappa shape index (κ3) is 0.927. The standard InChI is InChI=1S/C8H7BN2/c1-11-8-3-2-7(9)4-6(8)5-10-11/h2-5H,1H3. The Morgan fingerprint density at radius 1 is 1.45 bits per heavy atom. The molecule has 2 aromatic rings. The maximum Gasteiger partial charge on any atom is 0.113 e. The lowest BCUT2D eigenvalue weighted by Gasteiger charge is -1.94. The van der Waals surface area contributed by atoms with Crippen molar-refractivity contribution in [1.82, 2.24) is 9.78 Å². The maximum absolute atomic E-state index is 5.60. The van der Waals surface area contributed by atoms with Crippen molar-refractivity contribution in [3.63, 3.8) is 0 Å². The van der Waals surface area contributed by atoms with Crippen molar-refractivity contribution in [2.24, 2.45) is 7.05 Å². The number of fused-ring (bicyclic) bond motifs is 1. The van der Waals surface area contributed by atoms with Crippen LogP contribution in [0.4, 0.5) is 0 Å². The Hall–Kier alpha value is -1.25. The highest BCUT2D eigenvalue weighted by atomic mass is 15.2. The van der Waals surface area contributed by atoms with Gasteiger partial charge in [-0.15, -0.1) is 0 Å². The summed E-state index contributed by atoms with van der Waals surface area (Å²) in [5, 5.41) is 5.19. The molecule has 0 saturated carbocycles. The minimum absolute atomic E-state index is 0.783. The first-order valence-corrected chi connectivity index (χ1v) is 3.44. The SMILES string of the molecule is [B]c1ccc2c(cnn2C)c1. The average Bonchev–Trinajstić information content (AvgIpc) is 2.32. The monoisotopic (exact) mass is 142 g/mol. The molecule has 0 saturated heterocycles. The molecule has 0 aliphatic rings. The van der Waals surface area contributed by atoms with Crippen LogP contribution in [0.5, 0.6) is 0 Å². The van der Waals surface area contributed by atoms with Crippen LogP contribution in [0.3, 0.4) is 0 Å². The highest BCUT2D eigenvalue weighted by Crippen LogP contribution is 2.08. The van der Waals surface area contributed by atoms with E-state index in [0.29, 0.717) is 0 Å². The van der Waals surface area contributed by atoms with Gasteiger partial charge in [0.2, 0.25) is 0 Å². The molecule has 0 unspecified atom stereocenters. The Labute approximate surface area is 66.2 Å². The van der Waals surface area contributed by atoms with Gasteiger partial charge in [0.05, 0.1) is 11.7 Å². The molecule has 2 radical (unpaired) electrons. The zero-order valence-corrected chi connectivity index (χ0v) is 6.28. The fourth-order valence-corrected chi connectivity index (χ4v) is 1.18. The highest BCUT2D eigenvalue weighted by molar-refractivity contribution is 6.33. The molecular weight excluding hydrogens is 135 g/mol. The first-order chi connectivity index (χ1) is 5.27. The van der Waals surface area contributed by atoms with Crippen LogP contribution >= 0.6 is 0 Å². The van der Waals surface area contributed by atoms with Crippen LogP contribution in [0.2, 0.25) is 0 Å². The minimum atomic E-state index is 0.783. The molecule has 0 fully saturated rings. The van der Waals surface area contributed by atoms with E-state index in [2.05, 4.69) is 5.10 Å². The molecule has 0 N–H and O–H groups in total. The summed E-state index contributed by atoms with van der Waals surface area (Å²) in [6.07, 6.45) is 1.81. The summed E-state index contributed by atoms with van der Waals surface area (Å²) in [5.41, 5.74) is 1.89. The van der Waals surface area contributed by atoms with E-state index in [1.807, 2.05) is 36.1 Å². The molecular formula is C8H7BN2. The molecule has 2 nitrogen and oxygen atoms in total. The van der Waals surface area contributed by atoms with E-state index in [1.165, 1.54) is 0 Å². The summed E-state index contributed by atoms with van der Waals surface area (Å²) in [7, 11) is 7.51. The number of nitrogens with zero attached hydrogens (tertiary/aromatic N) is 2. The van der Waals surface area contributed by atoms with Crippen molar-refractivity contribution in [1.29, 1.82) is 0 Å². The van der Waals surface area contributed by atoms with Gasteiger partial charge in [-0.2, -0.15) is 5.10 Å². The van der Waals surface area contributed by atoms with Crippen molar-refractivity contribution in [2.75, 3.05) is 0 Å². The second-order valence-corrected chi connectivity index (χ2v) is 2.59. The van der Waals surface area contributed by atoms with Crippen molar-refractivity contribution in [2.45, 2.75) is 0 Å². The second kappa shape index (κ2) is 2.12. The van der Waals surface area contributed by atoms with Crippen LogP contribution in [-0.4, -0.2) is 17.6 Å². The normalized spacial score (nSPS) is 10.6. The number of hydrogen-bond acceptors (Lipinski definition) is 1. The Balaban J connectivity index is 2.86. The highest BCUT2D eigenvalue weighted by Gasteiger charge is 1.96. The van der Waals surface area contributed by atoms with Gasteiger partial charge < -0.3 is 0 Å². The topological polar surface area (TPSA) is 17.8 Å². The van der Waals surface area contributed by atoms with E-state index in [9.17, 15) is 0 Å². The Morgan fingerprint density at radius 3 is 3.09 bits per heavy atom. The lowest BCUT2D eigenvalue weighted by molar-refractivity contribution is 0.797. The Kier molecular flexibility index (Phi) is 1.25. The summed E-state index contributed by atoms with van der Waals surface area (Å²) in [6, 6.07) is 5.77. The van der Waals surface area contributed by atoms with Gasteiger partial charge in [0.15, 0.2) is 0 Å². The number of rotatable bonds is 0. The van der Waals surface area contributed by atoms with E-state index < -0.39 is 0 Å². The molecule has 0 amide bonds. The molecule has 52 valence electrons. The van der Waals surface area contributed by atoms with Crippen molar-refractivity contribution in [3.8, 4) is 0 Å². The third-order valence-electron chi connectivity index (χ3n) is 1.77. The molecule has 0 aliphatic carbocycles. The van der Waals surface area contributed by atoms with Gasteiger partial charge in [-0.3, -0.25) is 4.68 Å². The zero-order chi connectivity index (χ0) is 7.84. The van der Waals surface area contributed by atoms with Crippen LogP contribution < -0.4 is 5.46 Å². The van der Waals surface area contributed by atoms with E-state index in [4.69, 9.17) is 7.85 Å². The third-order valence-corrected chi connectivity index (χ3v) is 1.77. The van der Waals surface area contributed by atoms with Crippen LogP contribution in [-0.2, 0) is 7.05 Å². The molecule has 3 heteroatoms. The van der Waals surface area contributed by atoms with Crippen molar-refractivity contribution in [3.05, 3.63) is 24.4 Å². The second-order valence-electron chi connectivity index (χ2n) is 2.59. The number of aromatic nitrogens is 2. The van der Waals surface area contributed by atoms with Crippen molar-refractivity contribution < 1.29 is 0 Å². The fraction of sp³-hybridized carbons (Fsp3) is 0.125. The maximum atomic E-state index is 5.60. The number of aryl methyl sites for hydroxylation is 1. The van der Waals surface area contributed by atoms with E-state index in [-0.39, 0.29) is 0 Å². The lowest BCUT2D eigenvalue weighted by atomic mass is 9.95. The summed E-state index contributed by atoms with van der Waals surface area (Å²) in [5.74, 6) is 0. The minimum Gasteiger partial charge on any atom is -0.268 e. The fourth-order valence-electron chi connectivity index (χ4n) is 1.18. The molecule has 0 bridgehead atoms. The molecule has 11 heavy (non-hydrogen) atoms. The molecule has 1 heterocycles. The van der Waals surface area contributed by atoms with Gasteiger partial charge in [0, 0.05) is 12.4 Å². The summed E-state index contributed by atoms with van der Waals surface area (Å²) < 4.78 is 1.83. The molecule has 0 spiro atoms. The summed E-state index contributed by atoms with van der Waals surface area (Å²) >= 11 is 0. The Morgan fingerprint density at radius 2 is 2.27 bits per heavy atom. The number of benzene rings is 1. The van der Waals surface area contributed by atoms with E-state index in [1.54, 1.807) is 0 Å². The van der Waals surface area contributed by atoms with Gasteiger partial charge >= 0.3 is 0 Å². The molecule has 2 rings (SSSR count). The quantitative estimate of drug-likeness (QED) is 0.485. The van der Waals surface area contributed by atoms with Crippen LogP contribution in [0, 0.1) is 0 Å². The van der Waals surface area contributed by atoms with Gasteiger partial charge in [0.1, 0.15) is 7.85 Å². The molecule has 0 atom stereocenters. The number of hydrogen-bond donors (Lipinski definition) is 0. The van der Waals surface area contributed by atoms with Gasteiger partial charge in [-0.1, -0.05) is 17.6 Å². The van der Waals surface area contributed by atoms with E-state index in [0.717, 1.165) is 16.4 Å². The summed E-state index contributed by atoms with van der Waals surface area (Å²) in [4.78, 5) is 0. The molecule has 1 aromatic heterocycles. The predicted octanol–water partition coefficient (Wildman–Crippen LogP) is 0.367. The largest absolute Gasteiger partial charge is 0.268 e. The van der Waals surface area contributed by atoms with Crippen LogP contribution in [0.25, 0.3) is 10.9 Å². The van der Waals surface area contributed by atoms with Gasteiger partial charge in [-0.05, 0) is 6.07 Å². The van der Waals surface area contributed by atoms with E-state index >= 15 is 0 Å². The average molecular weight is 142 g/mol. The van der Waals surface area contributed by atoms with Gasteiger partial charge in [0.25, 0.3) is 0 Å². The lowest BCUT2D eigenvalue weighted by Crippen LogP contribution is -1.99. The van der Waals surface area contributed by atoms with Crippen LogP contribution in [0.15, 0.2) is 24.4 Å². The Bertz CT molecular complexity index is 392. The van der Waals surface area contributed by atoms with Crippen molar-refractivity contribution >= 4 is 24.2 Å². The first-order valence-electron chi connectivity index (χ1n) is 3.44. The zero-order valence-electron chi connectivity index (χ0n) is 6.28.